The summed E-state index contributed by atoms with van der Waals surface area (Å²) in [7, 11) is -4.77. The first-order valence-corrected chi connectivity index (χ1v) is 6.39. The predicted molar refractivity (Wildman–Crippen MR) is 55.8 cm³/mol. The molecule has 0 aliphatic carbocycles. The van der Waals surface area contributed by atoms with Crippen molar-refractivity contribution in [3.8, 4) is 10.6 Å². The van der Waals surface area contributed by atoms with Gasteiger partial charge in [-0.1, -0.05) is 3.89 Å². The molecule has 0 radical (unpaired) electrons. The maximum Gasteiger partial charge on any atom is 0.350 e. The molecule has 1 heterocycles. The number of aromatic nitrogens is 1. The Morgan fingerprint density at radius 1 is 1.19 bits per heavy atom. The SMILES string of the molecule is O=S(=O)(F)c1csc(-c2ccc(F)cc2)n1. The summed E-state index contributed by atoms with van der Waals surface area (Å²) in [5.41, 5.74) is 0.543. The van der Waals surface area contributed by atoms with E-state index in [2.05, 4.69) is 4.98 Å². The van der Waals surface area contributed by atoms with Crippen LogP contribution in [0.5, 0.6) is 0 Å². The van der Waals surface area contributed by atoms with Crippen LogP contribution in [0.4, 0.5) is 8.28 Å². The van der Waals surface area contributed by atoms with Gasteiger partial charge in [0.2, 0.25) is 0 Å². The molecule has 3 nitrogen and oxygen atoms in total. The maximum atomic E-state index is 12.6. The molecular weight excluding hydrogens is 256 g/mol. The van der Waals surface area contributed by atoms with Crippen molar-refractivity contribution >= 4 is 21.6 Å². The Balaban J connectivity index is 2.43. The third-order valence-corrected chi connectivity index (χ3v) is 3.57. The summed E-state index contributed by atoms with van der Waals surface area (Å²) >= 11 is 0.983. The van der Waals surface area contributed by atoms with Crippen LogP contribution in [0.3, 0.4) is 0 Å². The zero-order valence-corrected chi connectivity index (χ0v) is 9.36. The first-order valence-electron chi connectivity index (χ1n) is 4.13. The standard InChI is InChI=1S/C9H5F2NO2S2/c10-7-3-1-6(2-4-7)9-12-8(5-15-9)16(11,13)14/h1-5H. The zero-order chi connectivity index (χ0) is 11.8. The van der Waals surface area contributed by atoms with Crippen molar-refractivity contribution in [1.29, 1.82) is 0 Å². The number of thiazole rings is 1. The summed E-state index contributed by atoms with van der Waals surface area (Å²) in [5.74, 6) is -0.404. The van der Waals surface area contributed by atoms with Gasteiger partial charge in [0.25, 0.3) is 0 Å². The van der Waals surface area contributed by atoms with Crippen molar-refractivity contribution in [3.63, 3.8) is 0 Å². The van der Waals surface area contributed by atoms with Gasteiger partial charge in [0.05, 0.1) is 0 Å². The molecule has 2 aromatic rings. The van der Waals surface area contributed by atoms with Gasteiger partial charge in [-0.25, -0.2) is 9.37 Å². The molecule has 84 valence electrons. The van der Waals surface area contributed by atoms with E-state index in [1.807, 2.05) is 0 Å². The number of rotatable bonds is 2. The van der Waals surface area contributed by atoms with E-state index < -0.39 is 21.1 Å². The second-order valence-corrected chi connectivity index (χ2v) is 5.09. The highest BCUT2D eigenvalue weighted by Gasteiger charge is 2.16. The van der Waals surface area contributed by atoms with Crippen LogP contribution in [0, 0.1) is 5.82 Å². The lowest BCUT2D eigenvalue weighted by Gasteiger charge is -1.94. The van der Waals surface area contributed by atoms with Crippen LogP contribution in [0.1, 0.15) is 0 Å². The lowest BCUT2D eigenvalue weighted by molar-refractivity contribution is 0.549. The third-order valence-electron chi connectivity index (χ3n) is 1.82. The molecule has 0 amide bonds. The normalized spacial score (nSPS) is 11.6. The number of benzene rings is 1. The first kappa shape index (κ1) is 11.2. The Bertz CT molecular complexity index is 605. The molecule has 0 saturated heterocycles. The minimum Gasteiger partial charge on any atom is -0.222 e. The fraction of sp³-hybridized carbons (Fsp3) is 0. The van der Waals surface area contributed by atoms with Crippen molar-refractivity contribution in [1.82, 2.24) is 4.98 Å². The summed E-state index contributed by atoms with van der Waals surface area (Å²) in [6.45, 7) is 0. The minimum atomic E-state index is -4.77. The Kier molecular flexibility index (Phi) is 2.73. The van der Waals surface area contributed by atoms with Crippen LogP contribution in [0.25, 0.3) is 10.6 Å². The van der Waals surface area contributed by atoms with Gasteiger partial charge < -0.3 is 0 Å². The van der Waals surface area contributed by atoms with Gasteiger partial charge in [0.15, 0.2) is 5.03 Å². The van der Waals surface area contributed by atoms with Crippen molar-refractivity contribution in [2.24, 2.45) is 0 Å². The molecule has 2 rings (SSSR count). The van der Waals surface area contributed by atoms with Gasteiger partial charge in [-0.05, 0) is 24.3 Å². The Labute approximate surface area is 94.6 Å². The molecule has 0 N–H and O–H groups in total. The van der Waals surface area contributed by atoms with Gasteiger partial charge >= 0.3 is 10.2 Å². The summed E-state index contributed by atoms with van der Waals surface area (Å²) in [6, 6.07) is 5.34. The van der Waals surface area contributed by atoms with Crippen LogP contribution in [0.15, 0.2) is 34.7 Å². The molecule has 16 heavy (non-hydrogen) atoms. The lowest BCUT2D eigenvalue weighted by Crippen LogP contribution is -1.91. The second-order valence-electron chi connectivity index (χ2n) is 2.94. The highest BCUT2D eigenvalue weighted by molar-refractivity contribution is 7.86. The van der Waals surface area contributed by atoms with E-state index in [-0.39, 0.29) is 0 Å². The summed E-state index contributed by atoms with van der Waals surface area (Å²) in [6.07, 6.45) is 0. The van der Waals surface area contributed by atoms with Crippen LogP contribution < -0.4 is 0 Å². The van der Waals surface area contributed by atoms with Gasteiger partial charge in [0.1, 0.15) is 10.8 Å². The third kappa shape index (κ3) is 2.25. The van der Waals surface area contributed by atoms with Crippen molar-refractivity contribution in [3.05, 3.63) is 35.5 Å². The largest absolute Gasteiger partial charge is 0.350 e. The second kappa shape index (κ2) is 3.91. The number of nitrogens with zero attached hydrogens (tertiary/aromatic N) is 1. The zero-order valence-electron chi connectivity index (χ0n) is 7.72. The van der Waals surface area contributed by atoms with Crippen LogP contribution >= 0.6 is 11.3 Å². The molecule has 0 bridgehead atoms. The molecule has 0 aliphatic rings. The highest BCUT2D eigenvalue weighted by atomic mass is 32.3. The fourth-order valence-corrected chi connectivity index (χ4v) is 2.65. The van der Waals surface area contributed by atoms with E-state index in [9.17, 15) is 16.7 Å². The molecule has 1 aromatic heterocycles. The molecule has 1 aromatic carbocycles. The Morgan fingerprint density at radius 2 is 1.81 bits per heavy atom. The number of hydrogen-bond donors (Lipinski definition) is 0. The van der Waals surface area contributed by atoms with E-state index in [0.29, 0.717) is 10.6 Å². The summed E-state index contributed by atoms with van der Waals surface area (Å²) in [5, 5.41) is 0.821. The van der Waals surface area contributed by atoms with Gasteiger partial charge in [-0.15, -0.1) is 11.3 Å². The van der Waals surface area contributed by atoms with Crippen molar-refractivity contribution < 1.29 is 16.7 Å². The molecule has 0 fully saturated rings. The molecule has 0 unspecified atom stereocenters. The smallest absolute Gasteiger partial charge is 0.222 e. The quantitative estimate of drug-likeness (QED) is 0.781. The average Bonchev–Trinajstić information content (AvgIpc) is 2.67. The molecule has 0 saturated carbocycles. The average molecular weight is 261 g/mol. The van der Waals surface area contributed by atoms with E-state index in [4.69, 9.17) is 0 Å². The number of halogens is 2. The van der Waals surface area contributed by atoms with E-state index >= 15 is 0 Å². The van der Waals surface area contributed by atoms with Gasteiger partial charge in [-0.3, -0.25) is 0 Å². The van der Waals surface area contributed by atoms with E-state index in [1.54, 1.807) is 0 Å². The Hall–Kier alpha value is -1.34. The number of hydrogen-bond acceptors (Lipinski definition) is 4. The van der Waals surface area contributed by atoms with E-state index in [1.165, 1.54) is 24.3 Å². The van der Waals surface area contributed by atoms with Crippen molar-refractivity contribution in [2.75, 3.05) is 0 Å². The molecule has 0 spiro atoms. The summed E-state index contributed by atoms with van der Waals surface area (Å²) < 4.78 is 46.3. The molecule has 0 atom stereocenters. The molecule has 0 aliphatic heterocycles. The monoisotopic (exact) mass is 261 g/mol. The molecule has 7 heteroatoms. The fourth-order valence-electron chi connectivity index (χ4n) is 1.10. The van der Waals surface area contributed by atoms with Crippen LogP contribution in [-0.2, 0) is 10.2 Å². The highest BCUT2D eigenvalue weighted by Crippen LogP contribution is 2.26. The Morgan fingerprint density at radius 3 is 2.31 bits per heavy atom. The van der Waals surface area contributed by atoms with E-state index in [0.717, 1.165) is 16.7 Å². The van der Waals surface area contributed by atoms with Gasteiger partial charge in [0, 0.05) is 10.9 Å². The van der Waals surface area contributed by atoms with Gasteiger partial charge in [-0.2, -0.15) is 8.42 Å². The maximum absolute atomic E-state index is 12.6. The topological polar surface area (TPSA) is 47.0 Å². The predicted octanol–water partition coefficient (Wildman–Crippen LogP) is 2.61. The van der Waals surface area contributed by atoms with Crippen LogP contribution in [-0.4, -0.2) is 13.4 Å². The van der Waals surface area contributed by atoms with Crippen LogP contribution in [0.2, 0.25) is 0 Å². The summed E-state index contributed by atoms with van der Waals surface area (Å²) in [4.78, 5) is 3.61. The minimum absolute atomic E-state index is 0.330. The van der Waals surface area contributed by atoms with Crippen molar-refractivity contribution in [2.45, 2.75) is 5.03 Å². The lowest BCUT2D eigenvalue weighted by atomic mass is 10.2. The first-order chi connectivity index (χ1) is 7.47. The molecular formula is C9H5F2NO2S2.